The molecule has 0 saturated heterocycles. The molecule has 1 aromatic heterocycles. The average molecular weight is 218 g/mol. The van der Waals surface area contributed by atoms with Gasteiger partial charge in [0, 0.05) is 0 Å². The first-order valence-electron chi connectivity index (χ1n) is 5.08. The van der Waals surface area contributed by atoms with Gasteiger partial charge in [-0.1, -0.05) is 12.1 Å². The van der Waals surface area contributed by atoms with Crippen LogP contribution in [0.5, 0.6) is 5.75 Å². The maximum Gasteiger partial charge on any atom is 0.145 e. The van der Waals surface area contributed by atoms with Crippen LogP contribution in [0.4, 0.5) is 0 Å². The minimum Gasteiger partial charge on any atom is -0.486 e. The van der Waals surface area contributed by atoms with Crippen molar-refractivity contribution in [1.29, 1.82) is 0 Å². The molecule has 0 aliphatic heterocycles. The van der Waals surface area contributed by atoms with E-state index in [4.69, 9.17) is 4.74 Å². The van der Waals surface area contributed by atoms with Crippen molar-refractivity contribution in [3.63, 3.8) is 0 Å². The van der Waals surface area contributed by atoms with E-state index in [0.717, 1.165) is 11.4 Å². The highest BCUT2D eigenvalue weighted by atomic mass is 16.5. The Morgan fingerprint density at radius 1 is 1.19 bits per heavy atom. The van der Waals surface area contributed by atoms with Crippen molar-refractivity contribution in [2.75, 3.05) is 0 Å². The highest BCUT2D eigenvalue weighted by molar-refractivity contribution is 5.45. The third kappa shape index (κ3) is 2.36. The second-order valence-corrected chi connectivity index (χ2v) is 4.44. The summed E-state index contributed by atoms with van der Waals surface area (Å²) in [6, 6.07) is 7.67. The zero-order chi connectivity index (χ0) is 11.6. The molecule has 0 N–H and O–H groups in total. The summed E-state index contributed by atoms with van der Waals surface area (Å²) in [5, 5.41) is 11.1. The van der Waals surface area contributed by atoms with Gasteiger partial charge in [0.1, 0.15) is 23.4 Å². The van der Waals surface area contributed by atoms with Crippen LogP contribution < -0.4 is 4.74 Å². The molecule has 0 unspecified atom stereocenters. The topological polar surface area (TPSA) is 52.8 Å². The van der Waals surface area contributed by atoms with Gasteiger partial charge in [-0.05, 0) is 43.3 Å². The number of ether oxygens (including phenoxy) is 1. The molecule has 0 aliphatic carbocycles. The Kier molecular flexibility index (Phi) is 2.60. The second kappa shape index (κ2) is 3.92. The number of hydrogen-bond acceptors (Lipinski definition) is 4. The first-order valence-corrected chi connectivity index (χ1v) is 5.08. The van der Waals surface area contributed by atoms with Gasteiger partial charge >= 0.3 is 0 Å². The summed E-state index contributed by atoms with van der Waals surface area (Å²) < 4.78 is 7.42. The zero-order valence-corrected chi connectivity index (χ0v) is 9.58. The quantitative estimate of drug-likeness (QED) is 0.771. The number of aromatic nitrogens is 4. The van der Waals surface area contributed by atoms with Gasteiger partial charge in [-0.3, -0.25) is 0 Å². The van der Waals surface area contributed by atoms with Crippen LogP contribution in [0.15, 0.2) is 30.6 Å². The van der Waals surface area contributed by atoms with Gasteiger partial charge in [0.05, 0.1) is 0 Å². The number of benzene rings is 1. The number of tetrazole rings is 1. The molecule has 0 bridgehead atoms. The highest BCUT2D eigenvalue weighted by Gasteiger charge is 2.15. The van der Waals surface area contributed by atoms with E-state index in [0.29, 0.717) is 0 Å². The molecule has 0 aliphatic rings. The highest BCUT2D eigenvalue weighted by Crippen LogP contribution is 2.25. The van der Waals surface area contributed by atoms with Crippen LogP contribution in [0.2, 0.25) is 0 Å². The van der Waals surface area contributed by atoms with E-state index in [2.05, 4.69) is 15.5 Å². The first-order chi connectivity index (χ1) is 7.56. The van der Waals surface area contributed by atoms with Gasteiger partial charge in [-0.2, -0.15) is 4.68 Å². The van der Waals surface area contributed by atoms with Gasteiger partial charge in [0.15, 0.2) is 0 Å². The molecule has 0 saturated carbocycles. The van der Waals surface area contributed by atoms with Crippen molar-refractivity contribution >= 4 is 0 Å². The Hall–Kier alpha value is -1.91. The average Bonchev–Trinajstić information content (AvgIpc) is 2.69. The molecule has 1 heterocycles. The summed E-state index contributed by atoms with van der Waals surface area (Å²) >= 11 is 0. The fourth-order valence-electron chi connectivity index (χ4n) is 1.33. The van der Waals surface area contributed by atoms with Crippen LogP contribution in [-0.2, 0) is 0 Å². The second-order valence-electron chi connectivity index (χ2n) is 4.44. The van der Waals surface area contributed by atoms with Crippen molar-refractivity contribution in [1.82, 2.24) is 20.2 Å². The minimum absolute atomic E-state index is 0.246. The molecule has 0 fully saturated rings. The Labute approximate surface area is 94.0 Å². The normalized spacial score (nSPS) is 11.4. The van der Waals surface area contributed by atoms with Crippen LogP contribution in [0, 0.1) is 0 Å². The third-order valence-electron chi connectivity index (χ3n) is 1.88. The van der Waals surface area contributed by atoms with Crippen molar-refractivity contribution < 1.29 is 4.74 Å². The lowest BCUT2D eigenvalue weighted by Gasteiger charge is -2.22. The molecule has 1 aromatic carbocycles. The Morgan fingerprint density at radius 3 is 2.56 bits per heavy atom. The molecular weight excluding hydrogens is 204 g/mol. The molecule has 0 spiro atoms. The molecule has 16 heavy (non-hydrogen) atoms. The molecule has 0 radical (unpaired) electrons. The van der Waals surface area contributed by atoms with Crippen LogP contribution in [0.25, 0.3) is 5.69 Å². The fourth-order valence-corrected chi connectivity index (χ4v) is 1.33. The zero-order valence-electron chi connectivity index (χ0n) is 9.58. The number of nitrogens with zero attached hydrogens (tertiary/aromatic N) is 4. The summed E-state index contributed by atoms with van der Waals surface area (Å²) in [6.07, 6.45) is 1.55. The summed E-state index contributed by atoms with van der Waals surface area (Å²) in [7, 11) is 0. The predicted molar refractivity (Wildman–Crippen MR) is 59.5 cm³/mol. The van der Waals surface area contributed by atoms with Crippen molar-refractivity contribution in [3.05, 3.63) is 30.6 Å². The summed E-state index contributed by atoms with van der Waals surface area (Å²) in [6.45, 7) is 6.01. The Bertz CT molecular complexity index is 459. The maximum absolute atomic E-state index is 5.84. The van der Waals surface area contributed by atoms with E-state index in [1.807, 2.05) is 45.0 Å². The SMILES string of the molecule is CC(C)(C)Oc1ccccc1-n1cnnn1. The van der Waals surface area contributed by atoms with Crippen molar-refractivity contribution in [3.8, 4) is 11.4 Å². The van der Waals surface area contributed by atoms with Crippen molar-refractivity contribution in [2.24, 2.45) is 0 Å². The smallest absolute Gasteiger partial charge is 0.145 e. The number of hydrogen-bond donors (Lipinski definition) is 0. The lowest BCUT2D eigenvalue weighted by atomic mass is 10.2. The molecule has 5 heteroatoms. The van der Waals surface area contributed by atoms with Crippen molar-refractivity contribution in [2.45, 2.75) is 26.4 Å². The summed E-state index contributed by atoms with van der Waals surface area (Å²) in [5.74, 6) is 0.766. The molecule has 84 valence electrons. The molecule has 0 amide bonds. The van der Waals surface area contributed by atoms with Crippen LogP contribution >= 0.6 is 0 Å². The summed E-state index contributed by atoms with van der Waals surface area (Å²) in [4.78, 5) is 0. The van der Waals surface area contributed by atoms with Crippen LogP contribution in [-0.4, -0.2) is 25.8 Å². The van der Waals surface area contributed by atoms with Gasteiger partial charge in [-0.15, -0.1) is 5.10 Å². The minimum atomic E-state index is -0.246. The molecule has 0 atom stereocenters. The molecule has 2 aromatic rings. The van der Waals surface area contributed by atoms with E-state index >= 15 is 0 Å². The Morgan fingerprint density at radius 2 is 1.94 bits per heavy atom. The van der Waals surface area contributed by atoms with Crippen LogP contribution in [0.3, 0.4) is 0 Å². The number of rotatable bonds is 2. The Balaban J connectivity index is 2.39. The van der Waals surface area contributed by atoms with Gasteiger partial charge < -0.3 is 4.74 Å². The predicted octanol–water partition coefficient (Wildman–Crippen LogP) is 1.84. The standard InChI is InChI=1S/C11H14N4O/c1-11(2,3)16-10-7-5-4-6-9(10)15-8-12-13-14-15/h4-8H,1-3H3. The van der Waals surface area contributed by atoms with Gasteiger partial charge in [0.25, 0.3) is 0 Å². The van der Waals surface area contributed by atoms with E-state index < -0.39 is 0 Å². The van der Waals surface area contributed by atoms with E-state index in [-0.39, 0.29) is 5.60 Å². The number of para-hydroxylation sites is 2. The maximum atomic E-state index is 5.84. The molecule has 5 nitrogen and oxygen atoms in total. The van der Waals surface area contributed by atoms with E-state index in [1.54, 1.807) is 11.0 Å². The van der Waals surface area contributed by atoms with E-state index in [9.17, 15) is 0 Å². The molecule has 2 rings (SSSR count). The third-order valence-corrected chi connectivity index (χ3v) is 1.88. The largest absolute Gasteiger partial charge is 0.486 e. The first kappa shape index (κ1) is 10.6. The monoisotopic (exact) mass is 218 g/mol. The summed E-state index contributed by atoms with van der Waals surface area (Å²) in [5.41, 5.74) is 0.590. The lowest BCUT2D eigenvalue weighted by molar-refractivity contribution is 0.130. The van der Waals surface area contributed by atoms with E-state index in [1.165, 1.54) is 0 Å². The van der Waals surface area contributed by atoms with Crippen LogP contribution in [0.1, 0.15) is 20.8 Å². The van der Waals surface area contributed by atoms with Gasteiger partial charge in [0.2, 0.25) is 0 Å². The lowest BCUT2D eigenvalue weighted by Crippen LogP contribution is -2.23. The molecular formula is C11H14N4O. The fraction of sp³-hybridized carbons (Fsp3) is 0.364. The van der Waals surface area contributed by atoms with Gasteiger partial charge in [-0.25, -0.2) is 0 Å².